The summed E-state index contributed by atoms with van der Waals surface area (Å²) in [6.45, 7) is 7.28. The van der Waals surface area contributed by atoms with E-state index in [9.17, 15) is 0 Å². The van der Waals surface area contributed by atoms with Crippen LogP contribution in [0.2, 0.25) is 0 Å². The third-order valence-electron chi connectivity index (χ3n) is 3.83. The van der Waals surface area contributed by atoms with E-state index in [1.54, 1.807) is 0 Å². The van der Waals surface area contributed by atoms with Crippen molar-refractivity contribution in [2.75, 3.05) is 18.6 Å². The van der Waals surface area contributed by atoms with E-state index in [1.807, 2.05) is 0 Å². The van der Waals surface area contributed by atoms with Gasteiger partial charge in [-0.05, 0) is 37.0 Å². The average molecular weight is 283 g/mol. The molecule has 1 fully saturated rings. The quantitative estimate of drug-likeness (QED) is 0.790. The fraction of sp³-hybridized carbons (Fsp3) is 0.667. The standard InChI is InChI=1S/C15H23ClN2O/c1-10(2)13-7-12(9-16)8-15(17-13)18(4)14-5-6-19-11(14)3/h7-8,10-11,14H,5-6,9H2,1-4H3. The predicted octanol–water partition coefficient (Wildman–Crippen LogP) is 3.56. The first-order valence-corrected chi connectivity index (χ1v) is 7.47. The minimum atomic E-state index is 0.258. The summed E-state index contributed by atoms with van der Waals surface area (Å²) in [5.74, 6) is 1.94. The van der Waals surface area contributed by atoms with Crippen LogP contribution in [0.3, 0.4) is 0 Å². The predicted molar refractivity (Wildman–Crippen MR) is 80.1 cm³/mol. The van der Waals surface area contributed by atoms with Crippen LogP contribution in [0.1, 0.15) is 44.4 Å². The van der Waals surface area contributed by atoms with Gasteiger partial charge in [-0.1, -0.05) is 13.8 Å². The first kappa shape index (κ1) is 14.6. The summed E-state index contributed by atoms with van der Waals surface area (Å²) >= 11 is 6.00. The molecule has 0 saturated carbocycles. The lowest BCUT2D eigenvalue weighted by Gasteiger charge is -2.28. The fourth-order valence-corrected chi connectivity index (χ4v) is 2.70. The van der Waals surface area contributed by atoms with Crippen LogP contribution in [-0.4, -0.2) is 30.8 Å². The number of nitrogens with zero attached hydrogens (tertiary/aromatic N) is 2. The highest BCUT2D eigenvalue weighted by atomic mass is 35.5. The smallest absolute Gasteiger partial charge is 0.129 e. The van der Waals surface area contributed by atoms with E-state index in [-0.39, 0.29) is 6.10 Å². The molecule has 2 heterocycles. The van der Waals surface area contributed by atoms with E-state index in [4.69, 9.17) is 21.3 Å². The van der Waals surface area contributed by atoms with Crippen molar-refractivity contribution in [3.8, 4) is 0 Å². The van der Waals surface area contributed by atoms with Crippen molar-refractivity contribution in [2.45, 2.75) is 51.1 Å². The Morgan fingerprint density at radius 2 is 2.21 bits per heavy atom. The van der Waals surface area contributed by atoms with Crippen molar-refractivity contribution in [3.05, 3.63) is 23.4 Å². The Hall–Kier alpha value is -0.800. The van der Waals surface area contributed by atoms with E-state index >= 15 is 0 Å². The number of ether oxygens (including phenoxy) is 1. The third kappa shape index (κ3) is 3.21. The van der Waals surface area contributed by atoms with Gasteiger partial charge in [0.1, 0.15) is 5.82 Å². The topological polar surface area (TPSA) is 25.4 Å². The van der Waals surface area contributed by atoms with Gasteiger partial charge in [0.2, 0.25) is 0 Å². The number of rotatable bonds is 4. The average Bonchev–Trinajstić information content (AvgIpc) is 2.83. The molecule has 0 N–H and O–H groups in total. The van der Waals surface area contributed by atoms with Gasteiger partial charge in [0, 0.05) is 25.2 Å². The van der Waals surface area contributed by atoms with Gasteiger partial charge in [0.05, 0.1) is 12.1 Å². The van der Waals surface area contributed by atoms with Crippen LogP contribution >= 0.6 is 11.6 Å². The molecule has 2 rings (SSSR count). The van der Waals surface area contributed by atoms with Gasteiger partial charge >= 0.3 is 0 Å². The number of aromatic nitrogens is 1. The summed E-state index contributed by atoms with van der Waals surface area (Å²) in [4.78, 5) is 7.01. The highest BCUT2D eigenvalue weighted by molar-refractivity contribution is 6.17. The Balaban J connectivity index is 2.29. The van der Waals surface area contributed by atoms with Crippen LogP contribution in [0.25, 0.3) is 0 Å². The Kier molecular flexibility index (Phi) is 4.69. The summed E-state index contributed by atoms with van der Waals surface area (Å²) in [5, 5.41) is 0. The zero-order valence-corrected chi connectivity index (χ0v) is 12.9. The second-order valence-corrected chi connectivity index (χ2v) is 5.86. The molecule has 1 aliphatic rings. The molecule has 2 unspecified atom stereocenters. The van der Waals surface area contributed by atoms with Crippen molar-refractivity contribution in [3.63, 3.8) is 0 Å². The second kappa shape index (κ2) is 6.10. The number of halogens is 1. The van der Waals surface area contributed by atoms with Gasteiger partial charge in [0.25, 0.3) is 0 Å². The van der Waals surface area contributed by atoms with Gasteiger partial charge in [-0.3, -0.25) is 0 Å². The summed E-state index contributed by atoms with van der Waals surface area (Å²) in [5.41, 5.74) is 2.24. The molecule has 106 valence electrons. The molecule has 0 spiro atoms. The highest BCUT2D eigenvalue weighted by Crippen LogP contribution is 2.26. The minimum absolute atomic E-state index is 0.258. The van der Waals surface area contributed by atoms with Gasteiger partial charge in [-0.15, -0.1) is 11.6 Å². The Morgan fingerprint density at radius 1 is 1.47 bits per heavy atom. The van der Waals surface area contributed by atoms with Crippen molar-refractivity contribution in [2.24, 2.45) is 0 Å². The number of anilines is 1. The summed E-state index contributed by atoms with van der Waals surface area (Å²) in [7, 11) is 2.10. The molecule has 1 aliphatic heterocycles. The van der Waals surface area contributed by atoms with Gasteiger partial charge in [-0.2, -0.15) is 0 Å². The minimum Gasteiger partial charge on any atom is -0.376 e. The SMILES string of the molecule is CC(C)c1cc(CCl)cc(N(C)C2CCOC2C)n1. The number of hydrogen-bond donors (Lipinski definition) is 0. The number of alkyl halides is 1. The molecule has 19 heavy (non-hydrogen) atoms. The number of hydrogen-bond acceptors (Lipinski definition) is 3. The molecule has 0 bridgehead atoms. The lowest BCUT2D eigenvalue weighted by Crippen LogP contribution is -2.37. The molecule has 2 atom stereocenters. The molecule has 0 amide bonds. The van der Waals surface area contributed by atoms with E-state index in [2.05, 4.69) is 44.9 Å². The maximum atomic E-state index is 6.00. The zero-order chi connectivity index (χ0) is 14.0. The molecule has 0 radical (unpaired) electrons. The lowest BCUT2D eigenvalue weighted by molar-refractivity contribution is 0.118. The Labute approximate surface area is 120 Å². The van der Waals surface area contributed by atoms with Crippen molar-refractivity contribution < 1.29 is 4.74 Å². The normalized spacial score (nSPS) is 23.1. The summed E-state index contributed by atoms with van der Waals surface area (Å²) in [6.07, 6.45) is 1.32. The van der Waals surface area contributed by atoms with Crippen molar-refractivity contribution in [1.82, 2.24) is 4.98 Å². The molecule has 1 aromatic heterocycles. The van der Waals surface area contributed by atoms with Crippen LogP contribution < -0.4 is 4.90 Å². The first-order chi connectivity index (χ1) is 9.02. The van der Waals surface area contributed by atoms with Crippen LogP contribution in [0.4, 0.5) is 5.82 Å². The first-order valence-electron chi connectivity index (χ1n) is 6.94. The molecule has 0 aliphatic carbocycles. The van der Waals surface area contributed by atoms with Gasteiger partial charge in [-0.25, -0.2) is 4.98 Å². The monoisotopic (exact) mass is 282 g/mol. The van der Waals surface area contributed by atoms with Crippen LogP contribution in [0, 0.1) is 0 Å². The molecule has 1 aromatic rings. The molecule has 0 aromatic carbocycles. The molecule has 3 nitrogen and oxygen atoms in total. The molecular weight excluding hydrogens is 260 g/mol. The Morgan fingerprint density at radius 3 is 2.74 bits per heavy atom. The van der Waals surface area contributed by atoms with E-state index in [1.165, 1.54) is 0 Å². The van der Waals surface area contributed by atoms with Crippen LogP contribution in [0.5, 0.6) is 0 Å². The molecular formula is C15H23ClN2O. The lowest BCUT2D eigenvalue weighted by atomic mass is 10.1. The van der Waals surface area contributed by atoms with E-state index < -0.39 is 0 Å². The van der Waals surface area contributed by atoms with E-state index in [0.717, 1.165) is 30.1 Å². The summed E-state index contributed by atoms with van der Waals surface area (Å²) < 4.78 is 5.65. The molecule has 4 heteroatoms. The van der Waals surface area contributed by atoms with Crippen LogP contribution in [0.15, 0.2) is 12.1 Å². The largest absolute Gasteiger partial charge is 0.376 e. The number of likely N-dealkylation sites (N-methyl/N-ethyl adjacent to an activating group) is 1. The zero-order valence-electron chi connectivity index (χ0n) is 12.2. The summed E-state index contributed by atoms with van der Waals surface area (Å²) in [6, 6.07) is 4.59. The maximum Gasteiger partial charge on any atom is 0.129 e. The van der Waals surface area contributed by atoms with Crippen molar-refractivity contribution in [1.29, 1.82) is 0 Å². The number of pyridine rings is 1. The highest BCUT2D eigenvalue weighted by Gasteiger charge is 2.29. The van der Waals surface area contributed by atoms with Crippen LogP contribution in [-0.2, 0) is 10.6 Å². The van der Waals surface area contributed by atoms with Crippen molar-refractivity contribution >= 4 is 17.4 Å². The second-order valence-electron chi connectivity index (χ2n) is 5.59. The molecule has 1 saturated heterocycles. The third-order valence-corrected chi connectivity index (χ3v) is 4.14. The van der Waals surface area contributed by atoms with Gasteiger partial charge in [0.15, 0.2) is 0 Å². The van der Waals surface area contributed by atoms with E-state index in [0.29, 0.717) is 17.8 Å². The van der Waals surface area contributed by atoms with Gasteiger partial charge < -0.3 is 9.64 Å². The Bertz CT molecular complexity index is 436. The fourth-order valence-electron chi connectivity index (χ4n) is 2.55. The maximum absolute atomic E-state index is 6.00.